The lowest BCUT2D eigenvalue weighted by Crippen LogP contribution is -2.50. The molecule has 0 atom stereocenters. The molecule has 7 nitrogen and oxygen atoms in total. The Hall–Kier alpha value is -3.09. The average Bonchev–Trinajstić information content (AvgIpc) is 3.02. The highest BCUT2D eigenvalue weighted by molar-refractivity contribution is 6.00. The van der Waals surface area contributed by atoms with E-state index in [9.17, 15) is 14.4 Å². The first-order chi connectivity index (χ1) is 13.4. The predicted molar refractivity (Wildman–Crippen MR) is 104 cm³/mol. The van der Waals surface area contributed by atoms with E-state index in [1.54, 1.807) is 42.7 Å². The van der Waals surface area contributed by atoms with Crippen molar-refractivity contribution in [2.24, 2.45) is 0 Å². The van der Waals surface area contributed by atoms with Crippen LogP contribution in [0.15, 0.2) is 30.3 Å². The van der Waals surface area contributed by atoms with Crippen LogP contribution in [0.25, 0.3) is 0 Å². The van der Waals surface area contributed by atoms with E-state index in [4.69, 9.17) is 4.74 Å². The monoisotopic (exact) mass is 383 g/mol. The third-order valence-corrected chi connectivity index (χ3v) is 5.01. The molecule has 1 aliphatic heterocycles. The molecule has 3 rings (SSSR count). The SMILES string of the molecule is CCOC(=O)c1c(C)[nH]c(C(=O)N2CCN(C(=O)c3ccccc3)CC2)c1C. The fourth-order valence-electron chi connectivity index (χ4n) is 3.51. The molecule has 0 unspecified atom stereocenters. The number of amides is 2. The summed E-state index contributed by atoms with van der Waals surface area (Å²) in [5.41, 5.74) is 2.70. The van der Waals surface area contributed by atoms with Gasteiger partial charge in [0.25, 0.3) is 11.8 Å². The van der Waals surface area contributed by atoms with E-state index in [0.717, 1.165) is 0 Å². The lowest BCUT2D eigenvalue weighted by atomic mass is 10.1. The number of aromatic amines is 1. The Labute approximate surface area is 164 Å². The van der Waals surface area contributed by atoms with E-state index in [0.29, 0.717) is 54.3 Å². The van der Waals surface area contributed by atoms with E-state index in [2.05, 4.69) is 4.98 Å². The van der Waals surface area contributed by atoms with E-state index in [1.165, 1.54) is 0 Å². The van der Waals surface area contributed by atoms with Gasteiger partial charge >= 0.3 is 5.97 Å². The van der Waals surface area contributed by atoms with Gasteiger partial charge in [-0.05, 0) is 38.5 Å². The van der Waals surface area contributed by atoms with Crippen molar-refractivity contribution >= 4 is 17.8 Å². The third kappa shape index (κ3) is 3.78. The van der Waals surface area contributed by atoms with Crippen LogP contribution in [0, 0.1) is 13.8 Å². The summed E-state index contributed by atoms with van der Waals surface area (Å²) in [5, 5.41) is 0. The number of piperazine rings is 1. The molecule has 1 aromatic heterocycles. The van der Waals surface area contributed by atoms with Crippen molar-refractivity contribution in [3.63, 3.8) is 0 Å². The highest BCUT2D eigenvalue weighted by atomic mass is 16.5. The van der Waals surface area contributed by atoms with E-state index in [-0.39, 0.29) is 18.4 Å². The minimum Gasteiger partial charge on any atom is -0.462 e. The van der Waals surface area contributed by atoms with Gasteiger partial charge in [0.15, 0.2) is 0 Å². The number of hydrogen-bond donors (Lipinski definition) is 1. The second kappa shape index (κ2) is 8.29. The van der Waals surface area contributed by atoms with Crippen molar-refractivity contribution in [1.82, 2.24) is 14.8 Å². The Bertz CT molecular complexity index is 881. The molecule has 0 spiro atoms. The quantitative estimate of drug-likeness (QED) is 0.822. The van der Waals surface area contributed by atoms with Crippen LogP contribution in [-0.2, 0) is 4.74 Å². The zero-order valence-electron chi connectivity index (χ0n) is 16.4. The van der Waals surface area contributed by atoms with Gasteiger partial charge < -0.3 is 19.5 Å². The molecule has 7 heteroatoms. The first kappa shape index (κ1) is 19.7. The zero-order valence-corrected chi connectivity index (χ0v) is 16.4. The van der Waals surface area contributed by atoms with Crippen molar-refractivity contribution in [2.75, 3.05) is 32.8 Å². The molecule has 2 aromatic rings. The van der Waals surface area contributed by atoms with Gasteiger partial charge in [0.2, 0.25) is 0 Å². The number of carbonyl (C=O) groups excluding carboxylic acids is 3. The molecule has 1 fully saturated rings. The van der Waals surface area contributed by atoms with Gasteiger partial charge in [-0.3, -0.25) is 9.59 Å². The van der Waals surface area contributed by atoms with Crippen molar-refractivity contribution in [3.8, 4) is 0 Å². The summed E-state index contributed by atoms with van der Waals surface area (Å²) in [6, 6.07) is 9.14. The van der Waals surface area contributed by atoms with Crippen molar-refractivity contribution < 1.29 is 19.1 Å². The second-order valence-electron chi connectivity index (χ2n) is 6.80. The predicted octanol–water partition coefficient (Wildman–Crippen LogP) is 2.41. The van der Waals surface area contributed by atoms with Crippen LogP contribution in [0.2, 0.25) is 0 Å². The maximum atomic E-state index is 13.0. The number of esters is 1. The van der Waals surface area contributed by atoms with E-state index in [1.807, 2.05) is 18.2 Å². The van der Waals surface area contributed by atoms with Crippen LogP contribution in [0.3, 0.4) is 0 Å². The summed E-state index contributed by atoms with van der Waals surface area (Å²) >= 11 is 0. The number of hydrogen-bond acceptors (Lipinski definition) is 4. The first-order valence-corrected chi connectivity index (χ1v) is 9.44. The summed E-state index contributed by atoms with van der Waals surface area (Å²) in [5.74, 6) is -0.613. The molecule has 28 heavy (non-hydrogen) atoms. The number of nitrogens with one attached hydrogen (secondary N) is 1. The fraction of sp³-hybridized carbons (Fsp3) is 0.381. The lowest BCUT2D eigenvalue weighted by molar-refractivity contribution is 0.0522. The molecule has 148 valence electrons. The number of ether oxygens (including phenoxy) is 1. The Balaban J connectivity index is 1.68. The summed E-state index contributed by atoms with van der Waals surface area (Å²) in [4.78, 5) is 44.1. The Morgan fingerprint density at radius 1 is 0.964 bits per heavy atom. The summed E-state index contributed by atoms with van der Waals surface area (Å²) in [6.07, 6.45) is 0. The molecule has 0 aliphatic carbocycles. The number of H-pyrrole nitrogens is 1. The van der Waals surface area contributed by atoms with Gasteiger partial charge in [0, 0.05) is 37.4 Å². The zero-order chi connectivity index (χ0) is 20.3. The number of benzene rings is 1. The molecule has 0 bridgehead atoms. The Kier molecular flexibility index (Phi) is 5.82. The van der Waals surface area contributed by atoms with Gasteiger partial charge in [-0.25, -0.2) is 4.79 Å². The fourth-order valence-corrected chi connectivity index (χ4v) is 3.51. The lowest BCUT2D eigenvalue weighted by Gasteiger charge is -2.34. The van der Waals surface area contributed by atoms with Gasteiger partial charge in [-0.2, -0.15) is 0 Å². The topological polar surface area (TPSA) is 82.7 Å². The standard InChI is InChI=1S/C21H25N3O4/c1-4-28-21(27)17-14(2)18(22-15(17)3)20(26)24-12-10-23(11-13-24)19(25)16-8-6-5-7-9-16/h5-9,22H,4,10-13H2,1-3H3. The van der Waals surface area contributed by atoms with Crippen LogP contribution in [0.1, 0.15) is 49.4 Å². The van der Waals surface area contributed by atoms with Gasteiger partial charge in [0.05, 0.1) is 12.2 Å². The molecule has 2 heterocycles. The molecular weight excluding hydrogens is 358 g/mol. The van der Waals surface area contributed by atoms with Gasteiger partial charge in [-0.15, -0.1) is 0 Å². The number of carbonyl (C=O) groups is 3. The number of rotatable bonds is 4. The van der Waals surface area contributed by atoms with Crippen LogP contribution >= 0.6 is 0 Å². The molecule has 0 radical (unpaired) electrons. The highest BCUT2D eigenvalue weighted by Crippen LogP contribution is 2.21. The van der Waals surface area contributed by atoms with Crippen LogP contribution in [0.4, 0.5) is 0 Å². The van der Waals surface area contributed by atoms with Crippen molar-refractivity contribution in [2.45, 2.75) is 20.8 Å². The Morgan fingerprint density at radius 2 is 1.54 bits per heavy atom. The smallest absolute Gasteiger partial charge is 0.340 e. The summed E-state index contributed by atoms with van der Waals surface area (Å²) in [7, 11) is 0. The number of nitrogens with zero attached hydrogens (tertiary/aromatic N) is 2. The summed E-state index contributed by atoms with van der Waals surface area (Å²) in [6.45, 7) is 7.38. The van der Waals surface area contributed by atoms with E-state index >= 15 is 0 Å². The normalized spacial score (nSPS) is 14.1. The van der Waals surface area contributed by atoms with Crippen molar-refractivity contribution in [1.29, 1.82) is 0 Å². The van der Waals surface area contributed by atoms with Crippen molar-refractivity contribution in [3.05, 3.63) is 58.4 Å². The minimum absolute atomic E-state index is 0.0239. The Morgan fingerprint density at radius 3 is 2.11 bits per heavy atom. The number of aromatic nitrogens is 1. The molecule has 1 aromatic carbocycles. The van der Waals surface area contributed by atoms with Crippen LogP contribution < -0.4 is 0 Å². The van der Waals surface area contributed by atoms with Crippen LogP contribution in [0.5, 0.6) is 0 Å². The second-order valence-corrected chi connectivity index (χ2v) is 6.80. The largest absolute Gasteiger partial charge is 0.462 e. The van der Waals surface area contributed by atoms with Crippen LogP contribution in [-0.4, -0.2) is 65.4 Å². The molecule has 2 amide bonds. The maximum Gasteiger partial charge on any atom is 0.340 e. The van der Waals surface area contributed by atoms with Gasteiger partial charge in [-0.1, -0.05) is 18.2 Å². The minimum atomic E-state index is -0.425. The maximum absolute atomic E-state index is 13.0. The van der Waals surface area contributed by atoms with E-state index < -0.39 is 5.97 Å². The highest BCUT2D eigenvalue weighted by Gasteiger charge is 2.29. The summed E-state index contributed by atoms with van der Waals surface area (Å²) < 4.78 is 5.08. The molecule has 1 N–H and O–H groups in total. The third-order valence-electron chi connectivity index (χ3n) is 5.01. The van der Waals surface area contributed by atoms with Gasteiger partial charge in [0.1, 0.15) is 5.69 Å². The molecule has 1 aliphatic rings. The molecule has 0 saturated carbocycles. The first-order valence-electron chi connectivity index (χ1n) is 9.44. The average molecular weight is 383 g/mol. The molecule has 1 saturated heterocycles. The number of aryl methyl sites for hydroxylation is 1. The molecular formula is C21H25N3O4.